The van der Waals surface area contributed by atoms with Gasteiger partial charge in [-0.15, -0.1) is 6.42 Å². The van der Waals surface area contributed by atoms with E-state index in [1.807, 2.05) is 0 Å². The number of terminal acetylenes is 1. The Morgan fingerprint density at radius 3 is 3.00 bits per heavy atom. The quantitative estimate of drug-likeness (QED) is 0.763. The van der Waals surface area contributed by atoms with E-state index in [0.29, 0.717) is 12.5 Å². The molecule has 2 rings (SSSR count). The molecule has 0 radical (unpaired) electrons. The second kappa shape index (κ2) is 4.55. The zero-order valence-electron chi connectivity index (χ0n) is 8.00. The lowest BCUT2D eigenvalue weighted by Gasteiger charge is -2.03. The van der Waals surface area contributed by atoms with Gasteiger partial charge >= 0.3 is 0 Å². The largest absolute Gasteiger partial charge is 0.343 e. The number of halogens is 1. The number of rotatable bonds is 3. The molecule has 0 amide bonds. The van der Waals surface area contributed by atoms with Crippen LogP contribution < -0.4 is 5.32 Å². The maximum absolute atomic E-state index is 5.73. The first-order valence-electron chi connectivity index (χ1n) is 4.23. The normalized spacial score (nSPS) is 9.75. The molecule has 7 nitrogen and oxygen atoms in total. The zero-order valence-corrected chi connectivity index (χ0v) is 8.76. The van der Waals surface area contributed by atoms with E-state index in [2.05, 4.69) is 36.3 Å². The van der Waals surface area contributed by atoms with Crippen LogP contribution in [0, 0.1) is 12.3 Å². The maximum atomic E-state index is 5.73. The summed E-state index contributed by atoms with van der Waals surface area (Å²) in [6, 6.07) is 0. The van der Waals surface area contributed by atoms with Gasteiger partial charge in [-0.2, -0.15) is 24.7 Å². The van der Waals surface area contributed by atoms with Gasteiger partial charge in [-0.1, -0.05) is 5.92 Å². The molecule has 1 N–H and O–H groups in total. The lowest BCUT2D eigenvalue weighted by molar-refractivity contribution is 0.795. The zero-order chi connectivity index (χ0) is 11.4. The van der Waals surface area contributed by atoms with Gasteiger partial charge < -0.3 is 5.32 Å². The van der Waals surface area contributed by atoms with Crippen molar-refractivity contribution in [2.75, 3.05) is 11.9 Å². The molecule has 16 heavy (non-hydrogen) atoms. The van der Waals surface area contributed by atoms with Gasteiger partial charge in [0.15, 0.2) is 0 Å². The van der Waals surface area contributed by atoms with Gasteiger partial charge in [-0.25, -0.2) is 4.98 Å². The lowest BCUT2D eigenvalue weighted by Crippen LogP contribution is -2.09. The van der Waals surface area contributed by atoms with Crippen molar-refractivity contribution in [3.63, 3.8) is 0 Å². The van der Waals surface area contributed by atoms with Crippen molar-refractivity contribution in [3.8, 4) is 18.3 Å². The van der Waals surface area contributed by atoms with Crippen molar-refractivity contribution >= 4 is 17.5 Å². The van der Waals surface area contributed by atoms with Crippen LogP contribution in [0.4, 0.5) is 5.95 Å². The Bertz CT molecular complexity index is 516. The smallest absolute Gasteiger partial charge is 0.258 e. The van der Waals surface area contributed by atoms with E-state index in [9.17, 15) is 0 Å². The molecule has 0 bridgehead atoms. The summed E-state index contributed by atoms with van der Waals surface area (Å²) in [4.78, 5) is 15.6. The van der Waals surface area contributed by atoms with Crippen LogP contribution in [0.15, 0.2) is 12.7 Å². The van der Waals surface area contributed by atoms with E-state index in [4.69, 9.17) is 18.0 Å². The fraction of sp³-hybridized carbons (Fsp3) is 0.125. The highest BCUT2D eigenvalue weighted by atomic mass is 35.5. The van der Waals surface area contributed by atoms with Crippen molar-refractivity contribution in [2.45, 2.75) is 0 Å². The van der Waals surface area contributed by atoms with Crippen molar-refractivity contribution < 1.29 is 0 Å². The van der Waals surface area contributed by atoms with Crippen LogP contribution in [-0.2, 0) is 0 Å². The molecule has 0 spiro atoms. The summed E-state index contributed by atoms with van der Waals surface area (Å²) in [7, 11) is 0. The Balaban J connectivity index is 2.33. The number of anilines is 1. The van der Waals surface area contributed by atoms with E-state index in [1.54, 1.807) is 0 Å². The fourth-order valence-corrected chi connectivity index (χ4v) is 1.12. The van der Waals surface area contributed by atoms with Gasteiger partial charge in [0.25, 0.3) is 5.95 Å². The molecule has 0 aliphatic heterocycles. The fourth-order valence-electron chi connectivity index (χ4n) is 0.963. The number of nitrogens with zero attached hydrogens (tertiary/aromatic N) is 6. The minimum atomic E-state index is 0.0556. The molecule has 8 heteroatoms. The SMILES string of the molecule is C#CCNc1nc(Cl)nc(-n2cncn2)n1. The molecule has 0 unspecified atom stereocenters. The Morgan fingerprint density at radius 1 is 1.44 bits per heavy atom. The van der Waals surface area contributed by atoms with Gasteiger partial charge in [0, 0.05) is 0 Å². The summed E-state index contributed by atoms with van der Waals surface area (Å²) in [6.45, 7) is 0.303. The van der Waals surface area contributed by atoms with Crippen molar-refractivity contribution in [1.29, 1.82) is 0 Å². The highest BCUT2D eigenvalue weighted by molar-refractivity contribution is 6.28. The molecular formula is C8H6ClN7. The molecule has 2 aromatic heterocycles. The van der Waals surface area contributed by atoms with Crippen LogP contribution in [0.25, 0.3) is 5.95 Å². The first kappa shape index (κ1) is 10.3. The molecule has 0 aromatic carbocycles. The average Bonchev–Trinajstić information content (AvgIpc) is 2.79. The third kappa shape index (κ3) is 2.24. The molecule has 0 atom stereocenters. The number of hydrogen-bond donors (Lipinski definition) is 1. The number of hydrogen-bond acceptors (Lipinski definition) is 6. The number of nitrogens with one attached hydrogen (secondary N) is 1. The Labute approximate surface area is 95.9 Å². The molecule has 0 aliphatic rings. The summed E-state index contributed by atoms with van der Waals surface area (Å²) in [5, 5.41) is 6.72. The lowest BCUT2D eigenvalue weighted by atomic mass is 10.6. The van der Waals surface area contributed by atoms with Crippen molar-refractivity contribution in [1.82, 2.24) is 29.7 Å². The average molecular weight is 236 g/mol. The van der Waals surface area contributed by atoms with Gasteiger partial charge in [-0.05, 0) is 11.6 Å². The van der Waals surface area contributed by atoms with Crippen molar-refractivity contribution in [2.24, 2.45) is 0 Å². The highest BCUT2D eigenvalue weighted by Crippen LogP contribution is 2.07. The molecule has 2 heterocycles. The summed E-state index contributed by atoms with van der Waals surface area (Å²) in [5.74, 6) is 2.97. The van der Waals surface area contributed by atoms with Crippen LogP contribution in [0.5, 0.6) is 0 Å². The van der Waals surface area contributed by atoms with Crippen LogP contribution in [0.2, 0.25) is 5.28 Å². The predicted molar refractivity (Wildman–Crippen MR) is 57.1 cm³/mol. The summed E-state index contributed by atoms with van der Waals surface area (Å²) in [5.41, 5.74) is 0. The summed E-state index contributed by atoms with van der Waals surface area (Å²) in [6.07, 6.45) is 7.93. The molecular weight excluding hydrogens is 230 g/mol. The van der Waals surface area contributed by atoms with E-state index in [0.717, 1.165) is 0 Å². The van der Waals surface area contributed by atoms with E-state index >= 15 is 0 Å². The molecule has 2 aromatic rings. The van der Waals surface area contributed by atoms with Crippen molar-refractivity contribution in [3.05, 3.63) is 17.9 Å². The minimum Gasteiger partial charge on any atom is -0.343 e. The van der Waals surface area contributed by atoms with E-state index in [1.165, 1.54) is 17.3 Å². The standard InChI is InChI=1S/C8H6ClN7/c1-2-3-11-7-13-6(9)14-8(15-7)16-5-10-4-12-16/h1,4-5H,3H2,(H,11,13,14,15). The van der Waals surface area contributed by atoms with Gasteiger partial charge in [-0.3, -0.25) is 0 Å². The second-order valence-corrected chi connectivity index (χ2v) is 2.96. The number of aromatic nitrogens is 6. The molecule has 0 saturated heterocycles. The Kier molecular flexibility index (Phi) is 2.93. The Hall–Kier alpha value is -2.20. The van der Waals surface area contributed by atoms with E-state index < -0.39 is 0 Å². The minimum absolute atomic E-state index is 0.0556. The molecule has 0 fully saturated rings. The first-order valence-corrected chi connectivity index (χ1v) is 4.61. The third-order valence-corrected chi connectivity index (χ3v) is 1.74. The van der Waals surface area contributed by atoms with Crippen LogP contribution in [-0.4, -0.2) is 36.3 Å². The van der Waals surface area contributed by atoms with Gasteiger partial charge in [0.05, 0.1) is 6.54 Å². The maximum Gasteiger partial charge on any atom is 0.258 e. The third-order valence-electron chi connectivity index (χ3n) is 1.57. The van der Waals surface area contributed by atoms with Crippen LogP contribution in [0.1, 0.15) is 0 Å². The summed E-state index contributed by atoms with van der Waals surface area (Å²) >= 11 is 5.73. The highest BCUT2D eigenvalue weighted by Gasteiger charge is 2.06. The molecule has 0 saturated carbocycles. The predicted octanol–water partition coefficient (Wildman–Crippen LogP) is 0.151. The first-order chi connectivity index (χ1) is 7.79. The van der Waals surface area contributed by atoms with Crippen LogP contribution >= 0.6 is 11.6 Å². The molecule has 80 valence electrons. The Morgan fingerprint density at radius 2 is 2.31 bits per heavy atom. The summed E-state index contributed by atoms with van der Waals surface area (Å²) < 4.78 is 1.37. The van der Waals surface area contributed by atoms with Gasteiger partial charge in [0.1, 0.15) is 12.7 Å². The monoisotopic (exact) mass is 235 g/mol. The molecule has 0 aliphatic carbocycles. The van der Waals surface area contributed by atoms with E-state index in [-0.39, 0.29) is 11.2 Å². The second-order valence-electron chi connectivity index (χ2n) is 2.63. The van der Waals surface area contributed by atoms with Crippen LogP contribution in [0.3, 0.4) is 0 Å². The van der Waals surface area contributed by atoms with Gasteiger partial charge in [0.2, 0.25) is 11.2 Å². The topological polar surface area (TPSA) is 81.4 Å².